The number of fused-ring (bicyclic) bond motifs is 1. The average Bonchev–Trinajstić information content (AvgIpc) is 3.06. The molecule has 2 aromatic rings. The normalized spacial score (nSPS) is 28.3. The van der Waals surface area contributed by atoms with E-state index >= 15 is 0 Å². The number of para-hydroxylation sites is 1. The number of nitrogens with two attached hydrogens (primary N) is 1. The van der Waals surface area contributed by atoms with Gasteiger partial charge in [0.05, 0.1) is 30.7 Å². The van der Waals surface area contributed by atoms with Gasteiger partial charge in [-0.15, -0.1) is 4.59 Å². The fourth-order valence-corrected chi connectivity index (χ4v) is 4.44. The Hall–Kier alpha value is -3.33. The lowest BCUT2D eigenvalue weighted by Gasteiger charge is -2.40. The molecule has 0 bridgehead atoms. The molecule has 3 N–H and O–H groups in total. The summed E-state index contributed by atoms with van der Waals surface area (Å²) in [4.78, 5) is 9.13. The van der Waals surface area contributed by atoms with Gasteiger partial charge in [0.1, 0.15) is 17.6 Å². The lowest BCUT2D eigenvalue weighted by Crippen LogP contribution is -2.53. The predicted molar refractivity (Wildman–Crippen MR) is 118 cm³/mol. The lowest BCUT2D eigenvalue weighted by molar-refractivity contribution is -0.750. The number of benzene rings is 2. The first-order chi connectivity index (χ1) is 15.3. The van der Waals surface area contributed by atoms with Crippen molar-refractivity contribution < 1.29 is 23.6 Å². The number of aliphatic imine (C=N–C) groups is 2. The predicted octanol–water partition coefficient (Wildman–Crippen LogP) is 4.01. The molecule has 2 heterocycles. The molecule has 7 nitrogen and oxygen atoms in total. The third-order valence-electron chi connectivity index (χ3n) is 6.06. The van der Waals surface area contributed by atoms with E-state index in [1.54, 1.807) is 42.9 Å². The minimum absolute atomic E-state index is 0.0294. The summed E-state index contributed by atoms with van der Waals surface area (Å²) in [7, 11) is 1.46. The van der Waals surface area contributed by atoms with Gasteiger partial charge in [-0.25, -0.2) is 4.39 Å². The van der Waals surface area contributed by atoms with Crippen LogP contribution >= 0.6 is 0 Å². The quantitative estimate of drug-likeness (QED) is 0.549. The molecule has 1 fully saturated rings. The highest BCUT2D eigenvalue weighted by molar-refractivity contribution is 6.00. The van der Waals surface area contributed by atoms with Crippen molar-refractivity contribution in [3.8, 4) is 17.2 Å². The van der Waals surface area contributed by atoms with Gasteiger partial charge >= 0.3 is 0 Å². The van der Waals surface area contributed by atoms with E-state index in [0.717, 1.165) is 17.0 Å². The summed E-state index contributed by atoms with van der Waals surface area (Å²) in [6, 6.07) is 11.7. The van der Waals surface area contributed by atoms with Crippen molar-refractivity contribution in [3.63, 3.8) is 0 Å². The minimum Gasteiger partial charge on any atom is -0.493 e. The van der Waals surface area contributed by atoms with Crippen LogP contribution in [0.25, 0.3) is 0 Å². The van der Waals surface area contributed by atoms with E-state index in [9.17, 15) is 9.50 Å². The molecule has 32 heavy (non-hydrogen) atoms. The van der Waals surface area contributed by atoms with E-state index in [1.165, 1.54) is 13.2 Å². The zero-order valence-corrected chi connectivity index (χ0v) is 17.8. The standard InChI is InChI=1S/C24H24FN4O3/c1-24(30)12-16(13-24)21-19-14-27-10-11-29(19,26)23(28-21)15-6-8-17(9-7-15)32-22-18(25)4-3-5-20(22)31-2/h3-11,14,16,30H,12-13,26H2,1-2H3/q+1. The number of hydrogen-bond acceptors (Lipinski definition) is 6. The van der Waals surface area contributed by atoms with E-state index in [4.69, 9.17) is 20.3 Å². The van der Waals surface area contributed by atoms with Crippen LogP contribution in [0, 0.1) is 11.7 Å². The van der Waals surface area contributed by atoms with Crippen molar-refractivity contribution in [2.75, 3.05) is 7.11 Å². The Labute approximate surface area is 185 Å². The van der Waals surface area contributed by atoms with Gasteiger partial charge in [0.2, 0.25) is 11.4 Å². The van der Waals surface area contributed by atoms with Gasteiger partial charge in [-0.05, 0) is 56.2 Å². The maximum absolute atomic E-state index is 14.2. The average molecular weight is 435 g/mol. The largest absolute Gasteiger partial charge is 0.493 e. The van der Waals surface area contributed by atoms with E-state index in [1.807, 2.05) is 19.1 Å². The van der Waals surface area contributed by atoms with Crippen LogP contribution in [0.4, 0.5) is 4.39 Å². The molecule has 5 rings (SSSR count). The first kappa shape index (κ1) is 20.6. The molecule has 164 valence electrons. The van der Waals surface area contributed by atoms with Crippen molar-refractivity contribution in [2.24, 2.45) is 21.7 Å². The van der Waals surface area contributed by atoms with Crippen LogP contribution in [0.5, 0.6) is 17.2 Å². The van der Waals surface area contributed by atoms with Crippen LogP contribution in [0.3, 0.4) is 0 Å². The Morgan fingerprint density at radius 3 is 2.62 bits per heavy atom. The van der Waals surface area contributed by atoms with Crippen molar-refractivity contribution in [1.29, 1.82) is 0 Å². The molecular formula is C24H24FN4O3+. The maximum atomic E-state index is 14.2. The Kier molecular flexibility index (Phi) is 4.74. The summed E-state index contributed by atoms with van der Waals surface area (Å²) < 4.78 is 25.1. The molecule has 8 heteroatoms. The molecule has 0 radical (unpaired) electrons. The molecular weight excluding hydrogens is 411 g/mol. The molecule has 1 unspecified atom stereocenters. The second-order valence-electron chi connectivity index (χ2n) is 8.56. The molecule has 0 aromatic heterocycles. The van der Waals surface area contributed by atoms with E-state index in [2.05, 4.69) is 4.99 Å². The zero-order valence-electron chi connectivity index (χ0n) is 17.8. The second-order valence-corrected chi connectivity index (χ2v) is 8.56. The third kappa shape index (κ3) is 3.33. The summed E-state index contributed by atoms with van der Waals surface area (Å²) in [6.07, 6.45) is 6.45. The second kappa shape index (κ2) is 7.37. The molecule has 1 aliphatic carbocycles. The number of amidine groups is 1. The number of halogens is 1. The van der Waals surface area contributed by atoms with Crippen LogP contribution in [-0.2, 0) is 0 Å². The highest BCUT2D eigenvalue weighted by atomic mass is 19.1. The first-order valence-corrected chi connectivity index (χ1v) is 10.4. The molecule has 2 aliphatic heterocycles. The Morgan fingerprint density at radius 2 is 1.94 bits per heavy atom. The number of quaternary nitrogens is 1. The fraction of sp³-hybridized carbons (Fsp3) is 0.250. The van der Waals surface area contributed by atoms with Crippen LogP contribution in [0.15, 0.2) is 76.2 Å². The molecule has 3 aliphatic rings. The zero-order chi connectivity index (χ0) is 22.5. The number of allylic oxidation sites excluding steroid dienone is 2. The Morgan fingerprint density at radius 1 is 1.19 bits per heavy atom. The molecule has 1 atom stereocenters. The summed E-state index contributed by atoms with van der Waals surface area (Å²) in [6.45, 7) is 1.83. The summed E-state index contributed by atoms with van der Waals surface area (Å²) in [5, 5.41) is 10.2. The number of ether oxygens (including phenoxy) is 2. The molecule has 0 spiro atoms. The van der Waals surface area contributed by atoms with Crippen LogP contribution in [0.2, 0.25) is 0 Å². The summed E-state index contributed by atoms with van der Waals surface area (Å²) in [5.41, 5.74) is 1.80. The molecule has 0 amide bonds. The summed E-state index contributed by atoms with van der Waals surface area (Å²) in [5.74, 6) is 7.82. The van der Waals surface area contributed by atoms with Crippen molar-refractivity contribution >= 4 is 12.1 Å². The van der Waals surface area contributed by atoms with Crippen molar-refractivity contribution in [1.82, 2.24) is 0 Å². The highest BCUT2D eigenvalue weighted by Gasteiger charge is 2.50. The Balaban J connectivity index is 1.44. The summed E-state index contributed by atoms with van der Waals surface area (Å²) >= 11 is 0. The molecule has 1 saturated carbocycles. The topological polar surface area (TPSA) is 89.4 Å². The molecule has 0 saturated heterocycles. The van der Waals surface area contributed by atoms with Crippen molar-refractivity contribution in [2.45, 2.75) is 25.4 Å². The minimum atomic E-state index is -0.671. The van der Waals surface area contributed by atoms with Crippen LogP contribution in [-0.4, -0.2) is 34.5 Å². The van der Waals surface area contributed by atoms with Crippen LogP contribution < -0.4 is 15.3 Å². The third-order valence-corrected chi connectivity index (χ3v) is 6.06. The van der Waals surface area contributed by atoms with Gasteiger partial charge in [0.25, 0.3) is 5.84 Å². The Bertz CT molecular complexity index is 1190. The van der Waals surface area contributed by atoms with Gasteiger partial charge < -0.3 is 14.6 Å². The number of nitrogens with zero attached hydrogens (tertiary/aromatic N) is 3. The van der Waals surface area contributed by atoms with Crippen molar-refractivity contribution in [3.05, 3.63) is 77.6 Å². The SMILES string of the molecule is COc1cccc(F)c1Oc1ccc(C2=NC(C3CC(C)(O)C3)=C3C=NC=C[N+]23N)cc1. The van der Waals surface area contributed by atoms with Gasteiger partial charge in [-0.2, -0.15) is 10.8 Å². The monoisotopic (exact) mass is 435 g/mol. The van der Waals surface area contributed by atoms with Gasteiger partial charge in [-0.1, -0.05) is 6.07 Å². The highest BCUT2D eigenvalue weighted by Crippen LogP contribution is 2.46. The lowest BCUT2D eigenvalue weighted by atomic mass is 9.70. The van der Waals surface area contributed by atoms with E-state index in [0.29, 0.717) is 30.2 Å². The number of aliphatic hydroxyl groups is 1. The first-order valence-electron chi connectivity index (χ1n) is 10.4. The fourth-order valence-electron chi connectivity index (χ4n) is 4.44. The van der Waals surface area contributed by atoms with E-state index in [-0.39, 0.29) is 16.3 Å². The molecule has 2 aromatic carbocycles. The maximum Gasteiger partial charge on any atom is 0.264 e. The van der Waals surface area contributed by atoms with Gasteiger partial charge in [0, 0.05) is 5.92 Å². The van der Waals surface area contributed by atoms with E-state index < -0.39 is 11.4 Å². The van der Waals surface area contributed by atoms with Gasteiger partial charge in [0.15, 0.2) is 11.6 Å². The van der Waals surface area contributed by atoms with Gasteiger partial charge in [-0.3, -0.25) is 4.99 Å². The van der Waals surface area contributed by atoms with Crippen LogP contribution in [0.1, 0.15) is 25.3 Å². The number of methoxy groups -OCH3 is 1. The number of hydrogen-bond donors (Lipinski definition) is 2. The number of rotatable bonds is 5. The smallest absolute Gasteiger partial charge is 0.264 e.